The molecule has 0 fully saturated rings. The molecule has 0 aliphatic carbocycles. The summed E-state index contributed by atoms with van der Waals surface area (Å²) in [5, 5.41) is 5.36. The Morgan fingerprint density at radius 2 is 2.05 bits per heavy atom. The van der Waals surface area contributed by atoms with Gasteiger partial charge in [0.05, 0.1) is 18.3 Å². The summed E-state index contributed by atoms with van der Waals surface area (Å²) in [4.78, 5) is 12.3. The van der Waals surface area contributed by atoms with Gasteiger partial charge in [0.1, 0.15) is 0 Å². The van der Waals surface area contributed by atoms with Gasteiger partial charge in [0.25, 0.3) is 5.95 Å². The molecule has 0 aliphatic heterocycles. The normalized spacial score (nSPS) is 10.9. The van der Waals surface area contributed by atoms with Crippen molar-refractivity contribution in [3.63, 3.8) is 0 Å². The van der Waals surface area contributed by atoms with Gasteiger partial charge in [0.2, 0.25) is 5.28 Å². The highest BCUT2D eigenvalue weighted by Gasteiger charge is 2.11. The van der Waals surface area contributed by atoms with Crippen molar-refractivity contribution >= 4 is 22.5 Å². The topological polar surface area (TPSA) is 65.7 Å². The SMILES string of the molecule is CCCOc1nc(Cl)nc(-n2ncc3ccccc32)n1. The van der Waals surface area contributed by atoms with Crippen molar-refractivity contribution in [3.05, 3.63) is 35.7 Å². The van der Waals surface area contributed by atoms with E-state index in [1.54, 1.807) is 10.9 Å². The van der Waals surface area contributed by atoms with Gasteiger partial charge in [0.15, 0.2) is 0 Å². The number of aromatic nitrogens is 5. The van der Waals surface area contributed by atoms with Crippen molar-refractivity contribution in [1.82, 2.24) is 24.7 Å². The number of benzene rings is 1. The lowest BCUT2D eigenvalue weighted by molar-refractivity contribution is 0.290. The third-order valence-electron chi connectivity index (χ3n) is 2.68. The lowest BCUT2D eigenvalue weighted by atomic mass is 10.3. The molecule has 1 aromatic carbocycles. The molecular weight excluding hydrogens is 278 g/mol. The third-order valence-corrected chi connectivity index (χ3v) is 2.85. The van der Waals surface area contributed by atoms with Gasteiger partial charge in [-0.15, -0.1) is 0 Å². The van der Waals surface area contributed by atoms with Crippen LogP contribution < -0.4 is 4.74 Å². The third kappa shape index (κ3) is 2.42. The standard InChI is InChI=1S/C13H12ClN5O/c1-2-7-20-13-17-11(14)16-12(18-13)19-10-6-4-3-5-9(10)8-15-19/h3-6,8H,2,7H2,1H3. The summed E-state index contributed by atoms with van der Waals surface area (Å²) in [6, 6.07) is 7.99. The Labute approximate surface area is 120 Å². The minimum Gasteiger partial charge on any atom is -0.463 e. The number of ether oxygens (including phenoxy) is 1. The first-order valence-electron chi connectivity index (χ1n) is 6.25. The van der Waals surface area contributed by atoms with E-state index in [9.17, 15) is 0 Å². The molecule has 2 aromatic heterocycles. The molecule has 6 nitrogen and oxygen atoms in total. The number of nitrogens with zero attached hydrogens (tertiary/aromatic N) is 5. The summed E-state index contributed by atoms with van der Waals surface area (Å²) in [5.74, 6) is 0.345. The fourth-order valence-electron chi connectivity index (χ4n) is 1.81. The predicted octanol–water partition coefficient (Wildman–Crippen LogP) is 2.65. The van der Waals surface area contributed by atoms with Gasteiger partial charge in [-0.1, -0.05) is 25.1 Å². The second-order valence-electron chi connectivity index (χ2n) is 4.15. The summed E-state index contributed by atoms with van der Waals surface area (Å²) in [7, 11) is 0. The van der Waals surface area contributed by atoms with Crippen LogP contribution in [0.25, 0.3) is 16.9 Å². The maximum absolute atomic E-state index is 5.91. The van der Waals surface area contributed by atoms with Crippen molar-refractivity contribution in [2.75, 3.05) is 6.61 Å². The highest BCUT2D eigenvalue weighted by Crippen LogP contribution is 2.17. The van der Waals surface area contributed by atoms with Gasteiger partial charge >= 0.3 is 6.01 Å². The number of rotatable bonds is 4. The molecule has 0 radical (unpaired) electrons. The summed E-state index contributed by atoms with van der Waals surface area (Å²) < 4.78 is 7.01. The minimum atomic E-state index is 0.0840. The number of para-hydroxylation sites is 1. The molecule has 0 N–H and O–H groups in total. The van der Waals surface area contributed by atoms with E-state index in [0.717, 1.165) is 17.3 Å². The molecule has 0 aliphatic rings. The first kappa shape index (κ1) is 12.8. The van der Waals surface area contributed by atoms with Gasteiger partial charge in [-0.3, -0.25) is 0 Å². The zero-order valence-corrected chi connectivity index (χ0v) is 11.6. The van der Waals surface area contributed by atoms with Crippen LogP contribution in [0.1, 0.15) is 13.3 Å². The van der Waals surface area contributed by atoms with Crippen molar-refractivity contribution in [2.24, 2.45) is 0 Å². The lowest BCUT2D eigenvalue weighted by Gasteiger charge is -2.05. The second kappa shape index (κ2) is 5.42. The van der Waals surface area contributed by atoms with Crippen LogP contribution in [0.5, 0.6) is 6.01 Å². The molecule has 0 saturated carbocycles. The van der Waals surface area contributed by atoms with Crippen LogP contribution in [0.4, 0.5) is 0 Å². The summed E-state index contributed by atoms with van der Waals surface area (Å²) in [6.07, 6.45) is 2.61. The lowest BCUT2D eigenvalue weighted by Crippen LogP contribution is -2.08. The average Bonchev–Trinajstić information content (AvgIpc) is 2.88. The first-order chi connectivity index (χ1) is 9.78. The fourth-order valence-corrected chi connectivity index (χ4v) is 1.95. The van der Waals surface area contributed by atoms with Crippen LogP contribution >= 0.6 is 11.6 Å². The molecule has 102 valence electrons. The molecule has 7 heteroatoms. The van der Waals surface area contributed by atoms with Crippen molar-refractivity contribution in [3.8, 4) is 12.0 Å². The van der Waals surface area contributed by atoms with Gasteiger partial charge in [-0.25, -0.2) is 0 Å². The Morgan fingerprint density at radius 1 is 1.20 bits per heavy atom. The van der Waals surface area contributed by atoms with E-state index in [4.69, 9.17) is 16.3 Å². The molecule has 3 rings (SSSR count). The van der Waals surface area contributed by atoms with Gasteiger partial charge in [-0.2, -0.15) is 24.7 Å². The molecule has 0 unspecified atom stereocenters. The van der Waals surface area contributed by atoms with E-state index in [-0.39, 0.29) is 11.3 Å². The molecule has 0 bridgehead atoms. The van der Waals surface area contributed by atoms with Crippen molar-refractivity contribution in [2.45, 2.75) is 13.3 Å². The highest BCUT2D eigenvalue weighted by atomic mass is 35.5. The van der Waals surface area contributed by atoms with Crippen molar-refractivity contribution < 1.29 is 4.74 Å². The van der Waals surface area contributed by atoms with Crippen molar-refractivity contribution in [1.29, 1.82) is 0 Å². The van der Waals surface area contributed by atoms with E-state index < -0.39 is 0 Å². The zero-order chi connectivity index (χ0) is 13.9. The van der Waals surface area contributed by atoms with Crippen LogP contribution in [0.3, 0.4) is 0 Å². The fraction of sp³-hybridized carbons (Fsp3) is 0.231. The first-order valence-corrected chi connectivity index (χ1v) is 6.63. The number of fused-ring (bicyclic) bond motifs is 1. The molecule has 0 atom stereocenters. The molecule has 0 saturated heterocycles. The smallest absolute Gasteiger partial charge is 0.322 e. The quantitative estimate of drug-likeness (QED) is 0.739. The second-order valence-corrected chi connectivity index (χ2v) is 4.49. The van der Waals surface area contributed by atoms with Crippen LogP contribution in [-0.2, 0) is 0 Å². The van der Waals surface area contributed by atoms with E-state index >= 15 is 0 Å². The Hall–Kier alpha value is -2.21. The largest absolute Gasteiger partial charge is 0.463 e. The van der Waals surface area contributed by atoms with Gasteiger partial charge in [0, 0.05) is 5.39 Å². The molecule has 0 amide bonds. The Kier molecular flexibility index (Phi) is 3.47. The summed E-state index contributed by atoms with van der Waals surface area (Å²) >= 11 is 5.91. The van der Waals surface area contributed by atoms with E-state index in [0.29, 0.717) is 12.6 Å². The molecule has 2 heterocycles. The Balaban J connectivity index is 2.07. The number of hydrogen-bond donors (Lipinski definition) is 0. The van der Waals surface area contributed by atoms with Crippen LogP contribution in [0.15, 0.2) is 30.5 Å². The summed E-state index contributed by atoms with van der Waals surface area (Å²) in [5.41, 5.74) is 0.899. The summed E-state index contributed by atoms with van der Waals surface area (Å²) in [6.45, 7) is 2.53. The predicted molar refractivity (Wildman–Crippen MR) is 75.3 cm³/mol. The molecule has 20 heavy (non-hydrogen) atoms. The Bertz CT molecular complexity index is 742. The molecule has 3 aromatic rings. The van der Waals surface area contributed by atoms with Crippen LogP contribution in [0.2, 0.25) is 5.28 Å². The maximum atomic E-state index is 5.91. The van der Waals surface area contributed by atoms with Crippen LogP contribution in [0, 0.1) is 0 Å². The maximum Gasteiger partial charge on any atom is 0.322 e. The van der Waals surface area contributed by atoms with E-state index in [2.05, 4.69) is 20.1 Å². The average molecular weight is 290 g/mol. The van der Waals surface area contributed by atoms with E-state index in [1.807, 2.05) is 31.2 Å². The zero-order valence-electron chi connectivity index (χ0n) is 10.8. The van der Waals surface area contributed by atoms with Crippen LogP contribution in [-0.4, -0.2) is 31.3 Å². The van der Waals surface area contributed by atoms with E-state index in [1.165, 1.54) is 0 Å². The van der Waals surface area contributed by atoms with Gasteiger partial charge < -0.3 is 4.74 Å². The number of hydrogen-bond acceptors (Lipinski definition) is 5. The Morgan fingerprint density at radius 3 is 2.90 bits per heavy atom. The molecule has 0 spiro atoms. The highest BCUT2D eigenvalue weighted by molar-refractivity contribution is 6.28. The monoisotopic (exact) mass is 289 g/mol. The van der Waals surface area contributed by atoms with Gasteiger partial charge in [-0.05, 0) is 24.1 Å². The minimum absolute atomic E-state index is 0.0840. The molecular formula is C13H12ClN5O. The number of halogens is 1.